The first-order valence-corrected chi connectivity index (χ1v) is 4.95. The molecular weight excluding hydrogens is 209 g/mol. The van der Waals surface area contributed by atoms with Crippen LogP contribution >= 0.6 is 0 Å². The Labute approximate surface area is 87.4 Å². The molecule has 0 aliphatic carbocycles. The smallest absolute Gasteiger partial charge is 0.343 e. The molecule has 0 aromatic rings. The molecule has 6 heteroatoms. The molecule has 0 aromatic carbocycles. The van der Waals surface area contributed by atoms with Gasteiger partial charge in [0.15, 0.2) is 0 Å². The highest BCUT2D eigenvalue weighted by Crippen LogP contribution is 2.21. The van der Waals surface area contributed by atoms with Gasteiger partial charge in [0.2, 0.25) is 5.91 Å². The molecule has 1 amide bonds. The van der Waals surface area contributed by atoms with Gasteiger partial charge in [-0.3, -0.25) is 4.79 Å². The molecule has 0 saturated heterocycles. The first-order chi connectivity index (χ1) is 6.90. The van der Waals surface area contributed by atoms with E-state index in [4.69, 9.17) is 5.73 Å². The second kappa shape index (κ2) is 6.66. The molecular formula is C9H17F3N2O. The molecule has 15 heavy (non-hydrogen) atoms. The standard InChI is InChI=1S/C9H17F3N2O/c1-2-14(7-3-6-13)8(15)4-5-9(10,11)12/h2-7,13H2,1H3. The Bertz CT molecular complexity index is 194. The van der Waals surface area contributed by atoms with Crippen LogP contribution in [0.3, 0.4) is 0 Å². The van der Waals surface area contributed by atoms with Crippen molar-refractivity contribution < 1.29 is 18.0 Å². The van der Waals surface area contributed by atoms with Crippen LogP contribution in [0.2, 0.25) is 0 Å². The van der Waals surface area contributed by atoms with E-state index in [-0.39, 0.29) is 0 Å². The van der Waals surface area contributed by atoms with Crippen molar-refractivity contribution in [3.05, 3.63) is 0 Å². The molecule has 0 fully saturated rings. The number of amides is 1. The van der Waals surface area contributed by atoms with Gasteiger partial charge in [-0.05, 0) is 19.9 Å². The lowest BCUT2D eigenvalue weighted by Gasteiger charge is -2.20. The highest BCUT2D eigenvalue weighted by atomic mass is 19.4. The Balaban J connectivity index is 3.94. The van der Waals surface area contributed by atoms with Crippen LogP contribution in [0.25, 0.3) is 0 Å². The summed E-state index contributed by atoms with van der Waals surface area (Å²) in [6, 6.07) is 0. The SMILES string of the molecule is CCN(CCCN)C(=O)CCC(F)(F)F. The molecule has 0 rings (SSSR count). The fourth-order valence-electron chi connectivity index (χ4n) is 1.15. The Morgan fingerprint density at radius 3 is 2.40 bits per heavy atom. The summed E-state index contributed by atoms with van der Waals surface area (Å²) in [5.74, 6) is -0.455. The number of carbonyl (C=O) groups excluding carboxylic acids is 1. The summed E-state index contributed by atoms with van der Waals surface area (Å²) in [6.07, 6.45) is -5.17. The van der Waals surface area contributed by atoms with Crippen LogP contribution < -0.4 is 5.73 Å². The van der Waals surface area contributed by atoms with Gasteiger partial charge in [-0.2, -0.15) is 13.2 Å². The fourth-order valence-corrected chi connectivity index (χ4v) is 1.15. The zero-order valence-electron chi connectivity index (χ0n) is 8.81. The third-order valence-corrected chi connectivity index (χ3v) is 1.99. The van der Waals surface area contributed by atoms with Crippen molar-refractivity contribution in [1.82, 2.24) is 4.90 Å². The monoisotopic (exact) mass is 226 g/mol. The van der Waals surface area contributed by atoms with Crippen LogP contribution in [0.15, 0.2) is 0 Å². The molecule has 0 heterocycles. The number of hydrogen-bond acceptors (Lipinski definition) is 2. The van der Waals surface area contributed by atoms with Crippen molar-refractivity contribution in [2.24, 2.45) is 5.73 Å². The van der Waals surface area contributed by atoms with Crippen molar-refractivity contribution in [2.75, 3.05) is 19.6 Å². The lowest BCUT2D eigenvalue weighted by atomic mass is 10.2. The van der Waals surface area contributed by atoms with Crippen LogP contribution in [-0.2, 0) is 4.79 Å². The second-order valence-corrected chi connectivity index (χ2v) is 3.23. The van der Waals surface area contributed by atoms with Crippen molar-refractivity contribution in [2.45, 2.75) is 32.4 Å². The lowest BCUT2D eigenvalue weighted by Crippen LogP contribution is -2.33. The summed E-state index contributed by atoms with van der Waals surface area (Å²) in [5, 5.41) is 0. The van der Waals surface area contributed by atoms with E-state index in [1.807, 2.05) is 0 Å². The quantitative estimate of drug-likeness (QED) is 0.746. The maximum absolute atomic E-state index is 11.8. The molecule has 0 spiro atoms. The Kier molecular flexibility index (Phi) is 6.31. The molecule has 0 bridgehead atoms. The lowest BCUT2D eigenvalue weighted by molar-refractivity contribution is -0.149. The number of hydrogen-bond donors (Lipinski definition) is 1. The van der Waals surface area contributed by atoms with Crippen molar-refractivity contribution in [1.29, 1.82) is 0 Å². The first kappa shape index (κ1) is 14.2. The molecule has 0 aromatic heterocycles. The van der Waals surface area contributed by atoms with Crippen LogP contribution in [-0.4, -0.2) is 36.6 Å². The van der Waals surface area contributed by atoms with Crippen molar-refractivity contribution in [3.8, 4) is 0 Å². The molecule has 0 unspecified atom stereocenters. The van der Waals surface area contributed by atoms with Crippen molar-refractivity contribution >= 4 is 5.91 Å². The summed E-state index contributed by atoms with van der Waals surface area (Å²) >= 11 is 0. The van der Waals surface area contributed by atoms with E-state index in [0.29, 0.717) is 26.1 Å². The van der Waals surface area contributed by atoms with Gasteiger partial charge in [0.25, 0.3) is 0 Å². The summed E-state index contributed by atoms with van der Waals surface area (Å²) in [6.45, 7) is 3.03. The van der Waals surface area contributed by atoms with Crippen molar-refractivity contribution in [3.63, 3.8) is 0 Å². The van der Waals surface area contributed by atoms with Gasteiger partial charge in [0, 0.05) is 19.5 Å². The van der Waals surface area contributed by atoms with E-state index < -0.39 is 24.9 Å². The highest BCUT2D eigenvalue weighted by Gasteiger charge is 2.28. The number of alkyl halides is 3. The average Bonchev–Trinajstić information content (AvgIpc) is 2.15. The van der Waals surface area contributed by atoms with E-state index in [0.717, 1.165) is 0 Å². The summed E-state index contributed by atoms with van der Waals surface area (Å²) in [5.41, 5.74) is 5.26. The maximum Gasteiger partial charge on any atom is 0.389 e. The maximum atomic E-state index is 11.8. The van der Waals surface area contributed by atoms with Crippen LogP contribution in [0.4, 0.5) is 13.2 Å². The van der Waals surface area contributed by atoms with Gasteiger partial charge in [-0.25, -0.2) is 0 Å². The number of carbonyl (C=O) groups is 1. The van der Waals surface area contributed by atoms with E-state index in [2.05, 4.69) is 0 Å². The first-order valence-electron chi connectivity index (χ1n) is 4.95. The molecule has 0 aliphatic rings. The van der Waals surface area contributed by atoms with Gasteiger partial charge < -0.3 is 10.6 Å². The van der Waals surface area contributed by atoms with E-state index in [9.17, 15) is 18.0 Å². The van der Waals surface area contributed by atoms with Gasteiger partial charge in [-0.1, -0.05) is 0 Å². The normalized spacial score (nSPS) is 11.5. The molecule has 0 aliphatic heterocycles. The van der Waals surface area contributed by atoms with Gasteiger partial charge in [0.1, 0.15) is 0 Å². The fraction of sp³-hybridized carbons (Fsp3) is 0.889. The largest absolute Gasteiger partial charge is 0.389 e. The molecule has 3 nitrogen and oxygen atoms in total. The molecule has 0 atom stereocenters. The second-order valence-electron chi connectivity index (χ2n) is 3.23. The molecule has 0 radical (unpaired) electrons. The zero-order valence-corrected chi connectivity index (χ0v) is 8.81. The van der Waals surface area contributed by atoms with Gasteiger partial charge >= 0.3 is 6.18 Å². The Morgan fingerprint density at radius 2 is 2.00 bits per heavy atom. The zero-order chi connectivity index (χ0) is 11.9. The molecule has 2 N–H and O–H groups in total. The summed E-state index contributed by atoms with van der Waals surface area (Å²) < 4.78 is 35.5. The number of nitrogens with zero attached hydrogens (tertiary/aromatic N) is 1. The Morgan fingerprint density at radius 1 is 1.40 bits per heavy atom. The third-order valence-electron chi connectivity index (χ3n) is 1.99. The minimum absolute atomic E-state index is 0.427. The van der Waals surface area contributed by atoms with Gasteiger partial charge in [-0.15, -0.1) is 0 Å². The predicted octanol–water partition coefficient (Wildman–Crippen LogP) is 1.53. The average molecular weight is 226 g/mol. The minimum Gasteiger partial charge on any atom is -0.343 e. The van der Waals surface area contributed by atoms with Crippen LogP contribution in [0.5, 0.6) is 0 Å². The minimum atomic E-state index is -4.26. The molecule has 90 valence electrons. The van der Waals surface area contributed by atoms with E-state index in [1.165, 1.54) is 4.90 Å². The van der Waals surface area contributed by atoms with Gasteiger partial charge in [0.05, 0.1) is 6.42 Å². The number of halogens is 3. The van der Waals surface area contributed by atoms with Crippen LogP contribution in [0, 0.1) is 0 Å². The summed E-state index contributed by atoms with van der Waals surface area (Å²) in [7, 11) is 0. The van der Waals surface area contributed by atoms with Crippen LogP contribution in [0.1, 0.15) is 26.2 Å². The highest BCUT2D eigenvalue weighted by molar-refractivity contribution is 5.76. The third kappa shape index (κ3) is 7.18. The van der Waals surface area contributed by atoms with E-state index in [1.54, 1.807) is 6.92 Å². The summed E-state index contributed by atoms with van der Waals surface area (Å²) in [4.78, 5) is 12.7. The number of rotatable bonds is 6. The van der Waals surface area contributed by atoms with E-state index >= 15 is 0 Å². The predicted molar refractivity (Wildman–Crippen MR) is 51.2 cm³/mol. The molecule has 0 saturated carbocycles. The Hall–Kier alpha value is -0.780. The number of nitrogens with two attached hydrogens (primary N) is 1. The topological polar surface area (TPSA) is 46.3 Å².